The van der Waals surface area contributed by atoms with Gasteiger partial charge in [0.25, 0.3) is 0 Å². The van der Waals surface area contributed by atoms with Crippen molar-refractivity contribution in [3.8, 4) is 0 Å². The highest BCUT2D eigenvalue weighted by molar-refractivity contribution is 5.95. The first-order valence-electron chi connectivity index (χ1n) is 6.42. The van der Waals surface area contributed by atoms with Crippen LogP contribution < -0.4 is 0 Å². The molecule has 1 N–H and O–H groups in total. The van der Waals surface area contributed by atoms with Crippen molar-refractivity contribution in [2.45, 2.75) is 33.2 Å². The van der Waals surface area contributed by atoms with Crippen molar-refractivity contribution in [3.63, 3.8) is 0 Å². The van der Waals surface area contributed by atoms with Crippen molar-refractivity contribution in [2.75, 3.05) is 7.05 Å². The fourth-order valence-electron chi connectivity index (χ4n) is 1.70. The quantitative estimate of drug-likeness (QED) is 0.859. The predicted octanol–water partition coefficient (Wildman–Crippen LogP) is 2.64. The first kappa shape index (κ1) is 16.0. The SMILES string of the molecule is Cc1ccc(C=CC(=O)N(C)C(C)(C)C(=O)O)c(C)c1. The van der Waals surface area contributed by atoms with E-state index < -0.39 is 11.5 Å². The molecule has 0 spiro atoms. The Morgan fingerprint density at radius 1 is 1.25 bits per heavy atom. The Bertz CT molecular complexity index is 559. The van der Waals surface area contributed by atoms with Crippen LogP contribution in [0.25, 0.3) is 6.08 Å². The van der Waals surface area contributed by atoms with E-state index in [-0.39, 0.29) is 5.91 Å². The van der Waals surface area contributed by atoms with Crippen LogP contribution in [0.4, 0.5) is 0 Å². The van der Waals surface area contributed by atoms with E-state index in [9.17, 15) is 9.59 Å². The minimum atomic E-state index is -1.23. The summed E-state index contributed by atoms with van der Waals surface area (Å²) in [5, 5.41) is 9.10. The Morgan fingerprint density at radius 3 is 2.35 bits per heavy atom. The Kier molecular flexibility index (Phi) is 4.71. The molecular weight excluding hydrogens is 254 g/mol. The van der Waals surface area contributed by atoms with Crippen molar-refractivity contribution < 1.29 is 14.7 Å². The molecule has 0 aliphatic rings. The lowest BCUT2D eigenvalue weighted by Crippen LogP contribution is -2.50. The molecule has 0 saturated heterocycles. The topological polar surface area (TPSA) is 57.6 Å². The number of hydrogen-bond donors (Lipinski definition) is 1. The van der Waals surface area contributed by atoms with Gasteiger partial charge in [0.15, 0.2) is 0 Å². The summed E-state index contributed by atoms with van der Waals surface area (Å²) in [6.07, 6.45) is 3.12. The fourth-order valence-corrected chi connectivity index (χ4v) is 1.70. The Balaban J connectivity index is 2.90. The molecule has 1 amide bonds. The molecule has 108 valence electrons. The first-order chi connectivity index (χ1) is 9.16. The molecule has 0 aliphatic carbocycles. The predicted molar refractivity (Wildman–Crippen MR) is 79.4 cm³/mol. The number of carboxylic acids is 1. The second-order valence-electron chi connectivity index (χ2n) is 5.45. The molecule has 0 fully saturated rings. The van der Waals surface area contributed by atoms with Crippen LogP contribution in [0.15, 0.2) is 24.3 Å². The molecule has 1 rings (SSSR count). The first-order valence-corrected chi connectivity index (χ1v) is 6.42. The summed E-state index contributed by atoms with van der Waals surface area (Å²) in [4.78, 5) is 24.4. The summed E-state index contributed by atoms with van der Waals surface area (Å²) in [5.74, 6) is -1.37. The number of carboxylic acid groups (broad SMARTS) is 1. The summed E-state index contributed by atoms with van der Waals surface area (Å²) in [5.41, 5.74) is 1.96. The number of benzene rings is 1. The number of carbonyl (C=O) groups is 2. The number of likely N-dealkylation sites (N-methyl/N-ethyl adjacent to an activating group) is 1. The number of amides is 1. The van der Waals surface area contributed by atoms with Gasteiger partial charge in [0.1, 0.15) is 5.54 Å². The average molecular weight is 275 g/mol. The largest absolute Gasteiger partial charge is 0.480 e. The normalized spacial score (nSPS) is 11.7. The maximum atomic E-state index is 12.0. The van der Waals surface area contributed by atoms with E-state index in [1.165, 1.54) is 31.9 Å². The number of hydrogen-bond acceptors (Lipinski definition) is 2. The minimum absolute atomic E-state index is 0.336. The summed E-state index contributed by atoms with van der Waals surface area (Å²) < 4.78 is 0. The second-order valence-corrected chi connectivity index (χ2v) is 5.45. The van der Waals surface area contributed by atoms with E-state index in [2.05, 4.69) is 0 Å². The van der Waals surface area contributed by atoms with E-state index in [4.69, 9.17) is 5.11 Å². The highest BCUT2D eigenvalue weighted by Crippen LogP contribution is 2.15. The van der Waals surface area contributed by atoms with Gasteiger partial charge in [0.2, 0.25) is 5.91 Å². The lowest BCUT2D eigenvalue weighted by molar-refractivity contribution is -0.153. The van der Waals surface area contributed by atoms with Gasteiger partial charge in [0, 0.05) is 13.1 Å². The third-order valence-corrected chi connectivity index (χ3v) is 3.52. The fraction of sp³-hybridized carbons (Fsp3) is 0.375. The summed E-state index contributed by atoms with van der Waals surface area (Å²) in [6.45, 7) is 6.98. The van der Waals surface area contributed by atoms with E-state index >= 15 is 0 Å². The van der Waals surface area contributed by atoms with Gasteiger partial charge in [-0.1, -0.05) is 23.8 Å². The van der Waals surface area contributed by atoms with Gasteiger partial charge in [-0.05, 0) is 44.9 Å². The molecule has 0 unspecified atom stereocenters. The summed E-state index contributed by atoms with van der Waals surface area (Å²) >= 11 is 0. The Hall–Kier alpha value is -2.10. The molecule has 0 atom stereocenters. The van der Waals surface area contributed by atoms with Crippen LogP contribution in [0.1, 0.15) is 30.5 Å². The molecule has 0 aliphatic heterocycles. The third-order valence-electron chi connectivity index (χ3n) is 3.52. The van der Waals surface area contributed by atoms with Gasteiger partial charge in [-0.2, -0.15) is 0 Å². The van der Waals surface area contributed by atoms with Crippen LogP contribution >= 0.6 is 0 Å². The molecular formula is C16H21NO3. The van der Waals surface area contributed by atoms with Gasteiger partial charge in [0.05, 0.1) is 0 Å². The molecule has 0 saturated carbocycles. The summed E-state index contributed by atoms with van der Waals surface area (Å²) in [7, 11) is 1.49. The molecule has 20 heavy (non-hydrogen) atoms. The lowest BCUT2D eigenvalue weighted by Gasteiger charge is -2.30. The van der Waals surface area contributed by atoms with Crippen LogP contribution in [0.5, 0.6) is 0 Å². The molecule has 0 aromatic heterocycles. The standard InChI is InChI=1S/C16H21NO3/c1-11-6-7-13(12(2)10-11)8-9-14(18)17(5)16(3,4)15(19)20/h6-10H,1-5H3,(H,19,20). The molecule has 0 bridgehead atoms. The van der Waals surface area contributed by atoms with Gasteiger partial charge in [-0.15, -0.1) is 0 Å². The van der Waals surface area contributed by atoms with E-state index in [1.54, 1.807) is 6.08 Å². The summed E-state index contributed by atoms with van der Waals surface area (Å²) in [6, 6.07) is 5.95. The van der Waals surface area contributed by atoms with Crippen LogP contribution in [0, 0.1) is 13.8 Å². The minimum Gasteiger partial charge on any atom is -0.480 e. The van der Waals surface area contributed by atoms with Crippen molar-refractivity contribution in [1.82, 2.24) is 4.90 Å². The van der Waals surface area contributed by atoms with Crippen LogP contribution in [-0.2, 0) is 9.59 Å². The maximum Gasteiger partial charge on any atom is 0.329 e. The van der Waals surface area contributed by atoms with Crippen molar-refractivity contribution in [3.05, 3.63) is 41.0 Å². The molecule has 4 heteroatoms. The average Bonchev–Trinajstić information content (AvgIpc) is 2.36. The van der Waals surface area contributed by atoms with Crippen molar-refractivity contribution in [2.24, 2.45) is 0 Å². The van der Waals surface area contributed by atoms with Gasteiger partial charge < -0.3 is 10.0 Å². The molecule has 0 heterocycles. The van der Waals surface area contributed by atoms with Crippen LogP contribution in [0.3, 0.4) is 0 Å². The Morgan fingerprint density at radius 2 is 1.85 bits per heavy atom. The van der Waals surface area contributed by atoms with Crippen molar-refractivity contribution >= 4 is 18.0 Å². The van der Waals surface area contributed by atoms with E-state index in [0.29, 0.717) is 0 Å². The number of nitrogens with zero attached hydrogens (tertiary/aromatic N) is 1. The molecule has 1 aromatic rings. The Labute approximate surface area is 119 Å². The zero-order chi connectivity index (χ0) is 15.5. The zero-order valence-electron chi connectivity index (χ0n) is 12.6. The number of rotatable bonds is 4. The van der Waals surface area contributed by atoms with Gasteiger partial charge in [-0.3, -0.25) is 4.79 Å². The molecule has 0 radical (unpaired) electrons. The van der Waals surface area contributed by atoms with Crippen LogP contribution in [0.2, 0.25) is 0 Å². The number of aryl methyl sites for hydroxylation is 2. The highest BCUT2D eigenvalue weighted by atomic mass is 16.4. The van der Waals surface area contributed by atoms with Gasteiger partial charge in [-0.25, -0.2) is 4.79 Å². The van der Waals surface area contributed by atoms with E-state index in [0.717, 1.165) is 16.7 Å². The highest BCUT2D eigenvalue weighted by Gasteiger charge is 2.34. The van der Waals surface area contributed by atoms with Gasteiger partial charge >= 0.3 is 5.97 Å². The van der Waals surface area contributed by atoms with Crippen molar-refractivity contribution in [1.29, 1.82) is 0 Å². The smallest absolute Gasteiger partial charge is 0.329 e. The third kappa shape index (κ3) is 3.47. The monoisotopic (exact) mass is 275 g/mol. The second kappa shape index (κ2) is 5.90. The molecule has 1 aromatic carbocycles. The lowest BCUT2D eigenvalue weighted by atomic mass is 10.0. The molecule has 4 nitrogen and oxygen atoms in total. The van der Waals surface area contributed by atoms with Crippen LogP contribution in [-0.4, -0.2) is 34.5 Å². The number of aliphatic carboxylic acids is 1. The number of carbonyl (C=O) groups excluding carboxylic acids is 1. The van der Waals surface area contributed by atoms with E-state index in [1.807, 2.05) is 32.0 Å². The zero-order valence-corrected chi connectivity index (χ0v) is 12.6. The maximum absolute atomic E-state index is 12.0.